The third-order valence-electron chi connectivity index (χ3n) is 4.02. The monoisotopic (exact) mass is 357 g/mol. The van der Waals surface area contributed by atoms with Crippen LogP contribution in [0, 0.1) is 5.41 Å². The lowest BCUT2D eigenvalue weighted by Gasteiger charge is -2.37. The molecule has 22 heavy (non-hydrogen) atoms. The molecule has 1 heterocycles. The molecule has 0 aliphatic carbocycles. The zero-order valence-corrected chi connectivity index (χ0v) is 15.3. The van der Waals surface area contributed by atoms with Gasteiger partial charge in [-0.25, -0.2) is 13.1 Å². The van der Waals surface area contributed by atoms with Gasteiger partial charge in [-0.2, -0.15) is 0 Å². The summed E-state index contributed by atoms with van der Waals surface area (Å²) in [6.45, 7) is 3.91. The molecule has 1 unspecified atom stereocenters. The lowest BCUT2D eigenvalue weighted by Crippen LogP contribution is -2.50. The van der Waals surface area contributed by atoms with Crippen molar-refractivity contribution in [3.63, 3.8) is 0 Å². The number of halogens is 1. The summed E-state index contributed by atoms with van der Waals surface area (Å²) < 4.78 is 32.4. The van der Waals surface area contributed by atoms with Crippen LogP contribution in [0.25, 0.3) is 0 Å². The fourth-order valence-corrected chi connectivity index (χ4v) is 3.74. The van der Waals surface area contributed by atoms with Crippen LogP contribution < -0.4 is 10.0 Å². The molecular formula is C13H28ClN3O4S. The van der Waals surface area contributed by atoms with E-state index in [1.165, 1.54) is 11.8 Å². The number of rotatable bonds is 7. The Kier molecular flexibility index (Phi) is 8.86. The molecule has 9 heteroatoms. The quantitative estimate of drug-likeness (QED) is 0.660. The van der Waals surface area contributed by atoms with Gasteiger partial charge in [-0.3, -0.25) is 4.79 Å². The molecule has 0 radical (unpaired) electrons. The van der Waals surface area contributed by atoms with E-state index in [0.29, 0.717) is 13.2 Å². The topological polar surface area (TPSA) is 87.7 Å². The minimum absolute atomic E-state index is 0. The number of hydrogen-bond acceptors (Lipinski definition) is 5. The zero-order chi connectivity index (χ0) is 16.1. The van der Waals surface area contributed by atoms with E-state index in [1.807, 2.05) is 0 Å². The first-order valence-corrected chi connectivity index (χ1v) is 8.68. The summed E-state index contributed by atoms with van der Waals surface area (Å²) in [4.78, 5) is 13.1. The largest absolute Gasteiger partial charge is 0.384 e. The Morgan fingerprint density at radius 1 is 1.36 bits per heavy atom. The van der Waals surface area contributed by atoms with Gasteiger partial charge in [-0.05, 0) is 32.9 Å². The van der Waals surface area contributed by atoms with Crippen LogP contribution in [0.4, 0.5) is 0 Å². The van der Waals surface area contributed by atoms with E-state index in [1.54, 1.807) is 21.2 Å². The molecule has 132 valence electrons. The predicted molar refractivity (Wildman–Crippen MR) is 88.7 cm³/mol. The molecule has 0 saturated carbocycles. The van der Waals surface area contributed by atoms with Gasteiger partial charge in [0.15, 0.2) is 5.25 Å². The lowest BCUT2D eigenvalue weighted by atomic mass is 9.80. The molecule has 1 aliphatic rings. The van der Waals surface area contributed by atoms with Crippen LogP contribution >= 0.6 is 12.4 Å². The Bertz CT molecular complexity index is 445. The van der Waals surface area contributed by atoms with E-state index in [9.17, 15) is 13.2 Å². The first-order valence-electron chi connectivity index (χ1n) is 7.13. The van der Waals surface area contributed by atoms with Crippen molar-refractivity contribution in [1.29, 1.82) is 0 Å². The average Bonchev–Trinajstić information content (AvgIpc) is 2.45. The van der Waals surface area contributed by atoms with E-state index < -0.39 is 21.2 Å². The van der Waals surface area contributed by atoms with Gasteiger partial charge in [0.25, 0.3) is 0 Å². The van der Waals surface area contributed by atoms with Crippen molar-refractivity contribution in [3.05, 3.63) is 0 Å². The summed E-state index contributed by atoms with van der Waals surface area (Å²) in [5.41, 5.74) is -0.200. The number of methoxy groups -OCH3 is 1. The summed E-state index contributed by atoms with van der Waals surface area (Å²) >= 11 is 0. The van der Waals surface area contributed by atoms with Crippen molar-refractivity contribution in [1.82, 2.24) is 14.9 Å². The van der Waals surface area contributed by atoms with Crippen molar-refractivity contribution < 1.29 is 17.9 Å². The lowest BCUT2D eigenvalue weighted by molar-refractivity contribution is -0.127. The fraction of sp³-hybridized carbons (Fsp3) is 0.923. The molecule has 1 saturated heterocycles. The summed E-state index contributed by atoms with van der Waals surface area (Å²) in [5, 5.41) is 2.17. The molecule has 2 N–H and O–H groups in total. The number of nitrogens with zero attached hydrogens (tertiary/aromatic N) is 1. The molecule has 0 aromatic carbocycles. The van der Waals surface area contributed by atoms with Crippen LogP contribution in [-0.2, 0) is 19.6 Å². The van der Waals surface area contributed by atoms with Crippen molar-refractivity contribution in [2.45, 2.75) is 25.0 Å². The highest BCUT2D eigenvalue weighted by atomic mass is 35.5. The Labute approximate surface area is 139 Å². The molecule has 1 amide bonds. The van der Waals surface area contributed by atoms with E-state index in [4.69, 9.17) is 4.74 Å². The van der Waals surface area contributed by atoms with Gasteiger partial charge >= 0.3 is 0 Å². The second-order valence-electron chi connectivity index (χ2n) is 5.92. The van der Waals surface area contributed by atoms with Gasteiger partial charge < -0.3 is 15.0 Å². The van der Waals surface area contributed by atoms with Gasteiger partial charge in [0.1, 0.15) is 0 Å². The maximum atomic E-state index is 12.3. The van der Waals surface area contributed by atoms with E-state index >= 15 is 0 Å². The number of hydrogen-bond donors (Lipinski definition) is 2. The van der Waals surface area contributed by atoms with Gasteiger partial charge in [0.2, 0.25) is 15.9 Å². The molecule has 1 aliphatic heterocycles. The SMILES string of the molecule is COCC1(CNS(=O)(=O)C(C)C(=O)N(C)C)CCNCC1.Cl. The number of piperidine rings is 1. The number of amides is 1. The number of sulfonamides is 1. The van der Waals surface area contributed by atoms with Crippen LogP contribution in [0.15, 0.2) is 0 Å². The number of carbonyl (C=O) groups is 1. The normalized spacial score (nSPS) is 19.1. The average molecular weight is 358 g/mol. The van der Waals surface area contributed by atoms with Gasteiger partial charge in [0.05, 0.1) is 6.61 Å². The van der Waals surface area contributed by atoms with Crippen molar-refractivity contribution in [2.75, 3.05) is 47.4 Å². The van der Waals surface area contributed by atoms with E-state index in [-0.39, 0.29) is 17.8 Å². The molecule has 1 atom stereocenters. The summed E-state index contributed by atoms with van der Waals surface area (Å²) in [7, 11) is 1.04. The number of ether oxygens (including phenoxy) is 1. The highest BCUT2D eigenvalue weighted by molar-refractivity contribution is 7.90. The van der Waals surface area contributed by atoms with Crippen molar-refractivity contribution in [2.24, 2.45) is 5.41 Å². The highest BCUT2D eigenvalue weighted by Gasteiger charge is 2.36. The maximum Gasteiger partial charge on any atom is 0.241 e. The molecule has 1 fully saturated rings. The third-order valence-corrected chi connectivity index (χ3v) is 5.70. The zero-order valence-electron chi connectivity index (χ0n) is 13.7. The fourth-order valence-electron chi connectivity index (χ4n) is 2.51. The standard InChI is InChI=1S/C13H27N3O4S.ClH/c1-11(12(17)16(2)3)21(18,19)15-9-13(10-20-4)5-7-14-8-6-13;/h11,14-15H,5-10H2,1-4H3;1H. The minimum Gasteiger partial charge on any atom is -0.384 e. The Morgan fingerprint density at radius 3 is 2.36 bits per heavy atom. The summed E-state index contributed by atoms with van der Waals surface area (Å²) in [5.74, 6) is -0.423. The second-order valence-corrected chi connectivity index (χ2v) is 8.01. The number of carbonyl (C=O) groups excluding carboxylic acids is 1. The Hall–Kier alpha value is -0.410. The van der Waals surface area contributed by atoms with Crippen LogP contribution in [0.2, 0.25) is 0 Å². The molecule has 0 spiro atoms. The van der Waals surface area contributed by atoms with Crippen LogP contribution in [0.3, 0.4) is 0 Å². The first-order chi connectivity index (χ1) is 9.74. The van der Waals surface area contributed by atoms with Crippen LogP contribution in [-0.4, -0.2) is 71.9 Å². The Balaban J connectivity index is 0.00000441. The summed E-state index contributed by atoms with van der Waals surface area (Å²) in [6, 6.07) is 0. The first kappa shape index (κ1) is 21.6. The maximum absolute atomic E-state index is 12.3. The smallest absolute Gasteiger partial charge is 0.241 e. The van der Waals surface area contributed by atoms with Gasteiger partial charge in [-0.1, -0.05) is 0 Å². The van der Waals surface area contributed by atoms with E-state index in [2.05, 4.69) is 10.0 Å². The minimum atomic E-state index is -3.68. The number of nitrogens with one attached hydrogen (secondary N) is 2. The molecule has 0 aromatic heterocycles. The third kappa shape index (κ3) is 5.66. The molecule has 0 bridgehead atoms. The molecule has 1 rings (SSSR count). The summed E-state index contributed by atoms with van der Waals surface area (Å²) in [6.07, 6.45) is 1.69. The molecule has 0 aromatic rings. The molecule has 7 nitrogen and oxygen atoms in total. The Morgan fingerprint density at radius 2 is 1.91 bits per heavy atom. The molecular weight excluding hydrogens is 330 g/mol. The second kappa shape index (κ2) is 9.02. The van der Waals surface area contributed by atoms with Crippen LogP contribution in [0.5, 0.6) is 0 Å². The van der Waals surface area contributed by atoms with Gasteiger partial charge in [-0.15, -0.1) is 12.4 Å². The van der Waals surface area contributed by atoms with Gasteiger partial charge in [0, 0.05) is 33.2 Å². The predicted octanol–water partition coefficient (Wildman–Crippen LogP) is -0.179. The highest BCUT2D eigenvalue weighted by Crippen LogP contribution is 2.28. The van der Waals surface area contributed by atoms with Crippen molar-refractivity contribution in [3.8, 4) is 0 Å². The van der Waals surface area contributed by atoms with E-state index in [0.717, 1.165) is 25.9 Å². The van der Waals surface area contributed by atoms with Crippen molar-refractivity contribution >= 4 is 28.3 Å². The van der Waals surface area contributed by atoms with Crippen LogP contribution in [0.1, 0.15) is 19.8 Å².